The first-order chi connectivity index (χ1) is 11.6. The normalized spacial score (nSPS) is 10.4. The molecule has 8 heteroatoms. The second kappa shape index (κ2) is 7.33. The molecule has 0 radical (unpaired) electrons. The molecular formula is C16H12Cl2N4O2. The lowest BCUT2D eigenvalue weighted by Gasteiger charge is -2.05. The van der Waals surface area contributed by atoms with E-state index in [2.05, 4.69) is 20.8 Å². The summed E-state index contributed by atoms with van der Waals surface area (Å²) in [7, 11) is 0. The van der Waals surface area contributed by atoms with Gasteiger partial charge in [-0.3, -0.25) is 0 Å². The summed E-state index contributed by atoms with van der Waals surface area (Å²) in [5, 5.41) is 10.3. The maximum atomic E-state index is 11.8. The number of aromatic nitrogens is 2. The van der Waals surface area contributed by atoms with Gasteiger partial charge in [0.05, 0.1) is 11.6 Å². The highest BCUT2D eigenvalue weighted by atomic mass is 35.5. The lowest BCUT2D eigenvalue weighted by atomic mass is 10.2. The molecule has 2 amide bonds. The molecule has 2 aromatic carbocycles. The predicted octanol–water partition coefficient (Wildman–Crippen LogP) is 4.37. The Bertz CT molecular complexity index is 849. The molecule has 0 aliphatic carbocycles. The van der Waals surface area contributed by atoms with Crippen LogP contribution >= 0.6 is 23.2 Å². The summed E-state index contributed by atoms with van der Waals surface area (Å²) in [6, 6.07) is 13.5. The fraction of sp³-hybridized carbons (Fsp3) is 0.0625. The number of halogens is 2. The monoisotopic (exact) mass is 362 g/mol. The van der Waals surface area contributed by atoms with Crippen LogP contribution in [0.1, 0.15) is 5.89 Å². The van der Waals surface area contributed by atoms with Crippen molar-refractivity contribution >= 4 is 34.9 Å². The standard InChI is InChI=1S/C16H12Cl2N4O2/c17-10-5-7-11(8-6-10)20-16(23)19-9-14-21-15(22-24-14)12-3-1-2-4-13(12)18/h1-8H,9H2,(H2,19,20,23). The Morgan fingerprint density at radius 3 is 2.58 bits per heavy atom. The van der Waals surface area contributed by atoms with Crippen molar-refractivity contribution in [3.8, 4) is 11.4 Å². The van der Waals surface area contributed by atoms with Crippen molar-refractivity contribution in [2.24, 2.45) is 0 Å². The third-order valence-corrected chi connectivity index (χ3v) is 3.67. The van der Waals surface area contributed by atoms with Crippen LogP contribution in [0.25, 0.3) is 11.4 Å². The first-order valence-electron chi connectivity index (χ1n) is 7.00. The highest BCUT2D eigenvalue weighted by Crippen LogP contribution is 2.24. The Morgan fingerprint density at radius 2 is 1.83 bits per heavy atom. The average Bonchev–Trinajstić information content (AvgIpc) is 3.04. The SMILES string of the molecule is O=C(NCc1nc(-c2ccccc2Cl)no1)Nc1ccc(Cl)cc1. The molecule has 0 saturated carbocycles. The van der Waals surface area contributed by atoms with Crippen LogP contribution in [0.2, 0.25) is 10.0 Å². The van der Waals surface area contributed by atoms with Gasteiger partial charge in [0.2, 0.25) is 11.7 Å². The van der Waals surface area contributed by atoms with Crippen LogP contribution in [0.4, 0.5) is 10.5 Å². The minimum Gasteiger partial charge on any atom is -0.337 e. The molecule has 1 aromatic heterocycles. The number of urea groups is 1. The topological polar surface area (TPSA) is 80.1 Å². The van der Waals surface area contributed by atoms with Gasteiger partial charge in [-0.15, -0.1) is 0 Å². The zero-order chi connectivity index (χ0) is 16.9. The molecule has 3 rings (SSSR count). The molecule has 0 aliphatic heterocycles. The number of rotatable bonds is 4. The highest BCUT2D eigenvalue weighted by Gasteiger charge is 2.12. The molecule has 6 nitrogen and oxygen atoms in total. The number of amides is 2. The molecule has 0 saturated heterocycles. The van der Waals surface area contributed by atoms with E-state index in [1.807, 2.05) is 12.1 Å². The summed E-state index contributed by atoms with van der Waals surface area (Å²) < 4.78 is 5.11. The smallest absolute Gasteiger partial charge is 0.319 e. The number of carbonyl (C=O) groups is 1. The van der Waals surface area contributed by atoms with Gasteiger partial charge in [-0.25, -0.2) is 4.79 Å². The van der Waals surface area contributed by atoms with E-state index in [0.29, 0.717) is 27.1 Å². The Labute approximate surface area is 147 Å². The van der Waals surface area contributed by atoms with Crippen molar-refractivity contribution < 1.29 is 9.32 Å². The van der Waals surface area contributed by atoms with Gasteiger partial charge in [0.1, 0.15) is 0 Å². The number of benzene rings is 2. The molecule has 1 heterocycles. The van der Waals surface area contributed by atoms with E-state index in [9.17, 15) is 4.79 Å². The van der Waals surface area contributed by atoms with Crippen LogP contribution in [0.3, 0.4) is 0 Å². The van der Waals surface area contributed by atoms with E-state index >= 15 is 0 Å². The molecule has 0 fully saturated rings. The number of carbonyl (C=O) groups excluding carboxylic acids is 1. The largest absolute Gasteiger partial charge is 0.337 e. The maximum Gasteiger partial charge on any atom is 0.319 e. The van der Waals surface area contributed by atoms with Gasteiger partial charge in [0.25, 0.3) is 0 Å². The van der Waals surface area contributed by atoms with Gasteiger partial charge in [0, 0.05) is 16.3 Å². The fourth-order valence-electron chi connectivity index (χ4n) is 1.94. The first-order valence-corrected chi connectivity index (χ1v) is 7.75. The van der Waals surface area contributed by atoms with Gasteiger partial charge >= 0.3 is 6.03 Å². The predicted molar refractivity (Wildman–Crippen MR) is 92.1 cm³/mol. The molecular weight excluding hydrogens is 351 g/mol. The van der Waals surface area contributed by atoms with E-state index in [-0.39, 0.29) is 12.4 Å². The summed E-state index contributed by atoms with van der Waals surface area (Å²) in [6.07, 6.45) is 0. The first kappa shape index (κ1) is 16.3. The van der Waals surface area contributed by atoms with Crippen molar-refractivity contribution in [2.45, 2.75) is 6.54 Å². The molecule has 122 valence electrons. The Morgan fingerprint density at radius 1 is 1.08 bits per heavy atom. The number of hydrogen-bond acceptors (Lipinski definition) is 4. The van der Waals surface area contributed by atoms with Crippen molar-refractivity contribution in [3.05, 3.63) is 64.5 Å². The quantitative estimate of drug-likeness (QED) is 0.722. The highest BCUT2D eigenvalue weighted by molar-refractivity contribution is 6.33. The molecule has 0 bridgehead atoms. The van der Waals surface area contributed by atoms with Crippen LogP contribution < -0.4 is 10.6 Å². The third-order valence-electron chi connectivity index (χ3n) is 3.09. The van der Waals surface area contributed by atoms with E-state index < -0.39 is 6.03 Å². The van der Waals surface area contributed by atoms with Gasteiger partial charge in [-0.1, -0.05) is 40.5 Å². The van der Waals surface area contributed by atoms with Crippen LogP contribution in [0.15, 0.2) is 53.1 Å². The lowest BCUT2D eigenvalue weighted by molar-refractivity contribution is 0.249. The van der Waals surface area contributed by atoms with Gasteiger partial charge < -0.3 is 15.2 Å². The van der Waals surface area contributed by atoms with Gasteiger partial charge in [-0.05, 0) is 36.4 Å². The molecule has 3 aromatic rings. The van der Waals surface area contributed by atoms with Crippen molar-refractivity contribution in [3.63, 3.8) is 0 Å². The Hall–Kier alpha value is -2.57. The van der Waals surface area contributed by atoms with Crippen LogP contribution in [0, 0.1) is 0 Å². The second-order valence-electron chi connectivity index (χ2n) is 4.81. The fourth-order valence-corrected chi connectivity index (χ4v) is 2.29. The van der Waals surface area contributed by atoms with Crippen LogP contribution in [-0.4, -0.2) is 16.2 Å². The zero-order valence-corrected chi connectivity index (χ0v) is 13.8. The third kappa shape index (κ3) is 4.04. The molecule has 0 aliphatic rings. The molecule has 0 unspecified atom stereocenters. The molecule has 0 atom stereocenters. The molecule has 0 spiro atoms. The maximum absolute atomic E-state index is 11.8. The van der Waals surface area contributed by atoms with E-state index in [1.54, 1.807) is 36.4 Å². The summed E-state index contributed by atoms with van der Waals surface area (Å²) in [4.78, 5) is 16.0. The average molecular weight is 363 g/mol. The number of hydrogen-bond donors (Lipinski definition) is 2. The van der Waals surface area contributed by atoms with Gasteiger partial charge in [-0.2, -0.15) is 4.98 Å². The minimum absolute atomic E-state index is 0.0941. The van der Waals surface area contributed by atoms with Crippen molar-refractivity contribution in [2.75, 3.05) is 5.32 Å². The zero-order valence-electron chi connectivity index (χ0n) is 12.3. The molecule has 2 N–H and O–H groups in total. The summed E-state index contributed by atoms with van der Waals surface area (Å²) in [5.74, 6) is 0.645. The Balaban J connectivity index is 1.58. The van der Waals surface area contributed by atoms with Gasteiger partial charge in [0.15, 0.2) is 0 Å². The summed E-state index contributed by atoms with van der Waals surface area (Å²) >= 11 is 11.9. The Kier molecular flexibility index (Phi) is 4.98. The number of nitrogens with zero attached hydrogens (tertiary/aromatic N) is 2. The van der Waals surface area contributed by atoms with E-state index in [0.717, 1.165) is 0 Å². The van der Waals surface area contributed by atoms with Crippen molar-refractivity contribution in [1.82, 2.24) is 15.5 Å². The summed E-state index contributed by atoms with van der Waals surface area (Å²) in [6.45, 7) is 0.0941. The van der Waals surface area contributed by atoms with Crippen molar-refractivity contribution in [1.29, 1.82) is 0 Å². The molecule has 24 heavy (non-hydrogen) atoms. The van der Waals surface area contributed by atoms with E-state index in [4.69, 9.17) is 27.7 Å². The minimum atomic E-state index is -0.394. The lowest BCUT2D eigenvalue weighted by Crippen LogP contribution is -2.28. The van der Waals surface area contributed by atoms with Crippen LogP contribution in [0.5, 0.6) is 0 Å². The van der Waals surface area contributed by atoms with Crippen LogP contribution in [-0.2, 0) is 6.54 Å². The van der Waals surface area contributed by atoms with E-state index in [1.165, 1.54) is 0 Å². The number of anilines is 1. The second-order valence-corrected chi connectivity index (χ2v) is 5.65. The summed E-state index contributed by atoms with van der Waals surface area (Å²) in [5.41, 5.74) is 1.29. The number of nitrogens with one attached hydrogen (secondary N) is 2.